The van der Waals surface area contributed by atoms with Crippen LogP contribution in [0.2, 0.25) is 0 Å². The Balaban J connectivity index is 2.46. The van der Waals surface area contributed by atoms with E-state index in [0.717, 1.165) is 0 Å². The van der Waals surface area contributed by atoms with Gasteiger partial charge in [0.2, 0.25) is 10.0 Å². The fourth-order valence-electron chi connectivity index (χ4n) is 2.61. The second kappa shape index (κ2) is 8.47. The minimum atomic E-state index is -3.45. The SMILES string of the molecule is COC(=O)CCCCCS(=O)(=O)N1CC(C(=O)O)CCC1C. The van der Waals surface area contributed by atoms with Crippen LogP contribution in [0.25, 0.3) is 0 Å². The van der Waals surface area contributed by atoms with Crippen molar-refractivity contribution >= 4 is 22.0 Å². The fraction of sp³-hybridized carbons (Fsp3) is 0.857. The first-order valence-electron chi connectivity index (χ1n) is 7.57. The minimum absolute atomic E-state index is 0.00908. The van der Waals surface area contributed by atoms with Crippen molar-refractivity contribution in [3.8, 4) is 0 Å². The molecule has 1 rings (SSSR count). The smallest absolute Gasteiger partial charge is 0.307 e. The Hall–Kier alpha value is -1.15. The van der Waals surface area contributed by atoms with Gasteiger partial charge >= 0.3 is 11.9 Å². The summed E-state index contributed by atoms with van der Waals surface area (Å²) in [5.41, 5.74) is 0. The molecule has 0 saturated carbocycles. The molecule has 1 aliphatic rings. The highest BCUT2D eigenvalue weighted by molar-refractivity contribution is 7.89. The number of ether oxygens (including phenoxy) is 1. The maximum Gasteiger partial charge on any atom is 0.307 e. The van der Waals surface area contributed by atoms with E-state index in [0.29, 0.717) is 32.1 Å². The first-order chi connectivity index (χ1) is 10.3. The molecule has 0 amide bonds. The van der Waals surface area contributed by atoms with Crippen molar-refractivity contribution in [1.29, 1.82) is 0 Å². The van der Waals surface area contributed by atoms with Crippen molar-refractivity contribution < 1.29 is 27.9 Å². The molecule has 1 aliphatic heterocycles. The second-order valence-electron chi connectivity index (χ2n) is 5.73. The summed E-state index contributed by atoms with van der Waals surface area (Å²) in [6, 6.07) is -0.157. The van der Waals surface area contributed by atoms with Crippen molar-refractivity contribution in [2.45, 2.75) is 51.5 Å². The normalized spacial score (nSPS) is 23.2. The van der Waals surface area contributed by atoms with E-state index < -0.39 is 21.9 Å². The third-order valence-electron chi connectivity index (χ3n) is 4.04. The molecule has 1 heterocycles. The summed E-state index contributed by atoms with van der Waals surface area (Å²) in [5.74, 6) is -1.86. The number of carbonyl (C=O) groups is 2. The number of nitrogens with zero attached hydrogens (tertiary/aromatic N) is 1. The first kappa shape index (κ1) is 18.9. The topological polar surface area (TPSA) is 101 Å². The molecule has 1 fully saturated rings. The number of unbranched alkanes of at least 4 members (excludes halogenated alkanes) is 2. The van der Waals surface area contributed by atoms with Gasteiger partial charge in [-0.25, -0.2) is 8.42 Å². The molecule has 2 unspecified atom stereocenters. The number of methoxy groups -OCH3 is 1. The molecule has 0 bridgehead atoms. The average Bonchev–Trinajstić information content (AvgIpc) is 2.46. The van der Waals surface area contributed by atoms with Crippen LogP contribution in [0.3, 0.4) is 0 Å². The minimum Gasteiger partial charge on any atom is -0.481 e. The molecule has 1 saturated heterocycles. The molecule has 0 aromatic rings. The van der Waals surface area contributed by atoms with Gasteiger partial charge in [-0.1, -0.05) is 6.42 Å². The van der Waals surface area contributed by atoms with Crippen LogP contribution in [0.5, 0.6) is 0 Å². The number of hydrogen-bond acceptors (Lipinski definition) is 5. The zero-order valence-corrected chi connectivity index (χ0v) is 14.0. The van der Waals surface area contributed by atoms with Crippen LogP contribution >= 0.6 is 0 Å². The molecule has 128 valence electrons. The standard InChI is InChI=1S/C14H25NO6S/c1-11-7-8-12(14(17)18)10-15(11)22(19,20)9-5-3-4-6-13(16)21-2/h11-12H,3-10H2,1-2H3,(H,17,18). The van der Waals surface area contributed by atoms with Gasteiger partial charge in [0.05, 0.1) is 18.8 Å². The van der Waals surface area contributed by atoms with Crippen molar-refractivity contribution in [2.24, 2.45) is 5.92 Å². The van der Waals surface area contributed by atoms with Crippen molar-refractivity contribution in [2.75, 3.05) is 19.4 Å². The maximum absolute atomic E-state index is 12.4. The Morgan fingerprint density at radius 2 is 1.91 bits per heavy atom. The quantitative estimate of drug-likeness (QED) is 0.529. The highest BCUT2D eigenvalue weighted by atomic mass is 32.2. The monoisotopic (exact) mass is 335 g/mol. The number of piperidine rings is 1. The van der Waals surface area contributed by atoms with Crippen LogP contribution in [0, 0.1) is 5.92 Å². The van der Waals surface area contributed by atoms with E-state index in [1.165, 1.54) is 11.4 Å². The van der Waals surface area contributed by atoms with Gasteiger partial charge in [0.15, 0.2) is 0 Å². The highest BCUT2D eigenvalue weighted by Gasteiger charge is 2.36. The van der Waals surface area contributed by atoms with Gasteiger partial charge in [0.25, 0.3) is 0 Å². The van der Waals surface area contributed by atoms with E-state index in [1.54, 1.807) is 0 Å². The summed E-state index contributed by atoms with van der Waals surface area (Å²) in [6.07, 6.45) is 3.05. The summed E-state index contributed by atoms with van der Waals surface area (Å²) in [7, 11) is -2.13. The van der Waals surface area contributed by atoms with Gasteiger partial charge in [-0.3, -0.25) is 9.59 Å². The largest absolute Gasteiger partial charge is 0.481 e. The Kier molecular flexibility index (Phi) is 7.28. The Labute approximate surface area is 131 Å². The van der Waals surface area contributed by atoms with E-state index in [4.69, 9.17) is 5.11 Å². The van der Waals surface area contributed by atoms with Gasteiger partial charge < -0.3 is 9.84 Å². The molecule has 0 aliphatic carbocycles. The van der Waals surface area contributed by atoms with E-state index >= 15 is 0 Å². The van der Waals surface area contributed by atoms with E-state index in [-0.39, 0.29) is 30.7 Å². The third kappa shape index (κ3) is 5.57. The van der Waals surface area contributed by atoms with Crippen molar-refractivity contribution in [1.82, 2.24) is 4.31 Å². The zero-order chi connectivity index (χ0) is 16.8. The van der Waals surface area contributed by atoms with Crippen molar-refractivity contribution in [3.63, 3.8) is 0 Å². The summed E-state index contributed by atoms with van der Waals surface area (Å²) in [5, 5.41) is 9.06. The van der Waals surface area contributed by atoms with Crippen LogP contribution in [0.15, 0.2) is 0 Å². The molecule has 22 heavy (non-hydrogen) atoms. The second-order valence-corrected chi connectivity index (χ2v) is 7.78. The first-order valence-corrected chi connectivity index (χ1v) is 9.18. The lowest BCUT2D eigenvalue weighted by molar-refractivity contribution is -0.143. The molecule has 0 spiro atoms. The molecule has 7 nitrogen and oxygen atoms in total. The number of carboxylic acids is 1. The van der Waals surface area contributed by atoms with Gasteiger partial charge in [0, 0.05) is 19.0 Å². The number of rotatable bonds is 8. The Morgan fingerprint density at radius 1 is 1.23 bits per heavy atom. The molecule has 0 radical (unpaired) electrons. The summed E-state index contributed by atoms with van der Waals surface area (Å²) >= 11 is 0. The van der Waals surface area contributed by atoms with Gasteiger partial charge in [-0.05, 0) is 32.6 Å². The molecule has 1 N–H and O–H groups in total. The molecular weight excluding hydrogens is 310 g/mol. The number of hydrogen-bond donors (Lipinski definition) is 1. The maximum atomic E-state index is 12.4. The highest BCUT2D eigenvalue weighted by Crippen LogP contribution is 2.25. The van der Waals surface area contributed by atoms with Gasteiger partial charge in [-0.15, -0.1) is 0 Å². The summed E-state index contributed by atoms with van der Waals surface area (Å²) in [4.78, 5) is 22.0. The number of esters is 1. The fourth-order valence-corrected chi connectivity index (χ4v) is 4.48. The molecule has 0 aromatic heterocycles. The summed E-state index contributed by atoms with van der Waals surface area (Å²) in [6.45, 7) is 1.87. The van der Waals surface area contributed by atoms with Crippen LogP contribution in [0.4, 0.5) is 0 Å². The van der Waals surface area contributed by atoms with Gasteiger partial charge in [-0.2, -0.15) is 4.31 Å². The number of carboxylic acid groups (broad SMARTS) is 1. The lowest BCUT2D eigenvalue weighted by Crippen LogP contribution is -2.48. The number of aliphatic carboxylic acids is 1. The van der Waals surface area contributed by atoms with Crippen molar-refractivity contribution in [3.05, 3.63) is 0 Å². The molecule has 2 atom stereocenters. The van der Waals surface area contributed by atoms with Gasteiger partial charge in [0.1, 0.15) is 0 Å². The lowest BCUT2D eigenvalue weighted by Gasteiger charge is -2.35. The number of sulfonamides is 1. The number of carbonyl (C=O) groups excluding carboxylic acids is 1. The van der Waals surface area contributed by atoms with Crippen LogP contribution in [-0.4, -0.2) is 55.2 Å². The Morgan fingerprint density at radius 3 is 2.50 bits per heavy atom. The molecule has 0 aromatic carbocycles. The average molecular weight is 335 g/mol. The van der Waals surface area contributed by atoms with Crippen LogP contribution < -0.4 is 0 Å². The van der Waals surface area contributed by atoms with E-state index in [1.807, 2.05) is 6.92 Å². The predicted octanol–water partition coefficient (Wildman–Crippen LogP) is 1.23. The molecule has 8 heteroatoms. The van der Waals surface area contributed by atoms with E-state index in [9.17, 15) is 18.0 Å². The summed E-state index contributed by atoms with van der Waals surface area (Å²) < 4.78 is 30.6. The van der Waals surface area contributed by atoms with E-state index in [2.05, 4.69) is 4.74 Å². The zero-order valence-electron chi connectivity index (χ0n) is 13.2. The predicted molar refractivity (Wildman–Crippen MR) is 80.8 cm³/mol. The van der Waals surface area contributed by atoms with Crippen LogP contribution in [0.1, 0.15) is 45.4 Å². The van der Waals surface area contributed by atoms with Crippen LogP contribution in [-0.2, 0) is 24.3 Å². The third-order valence-corrected chi connectivity index (χ3v) is 6.07. The lowest BCUT2D eigenvalue weighted by atomic mass is 9.96. The molecular formula is C14H25NO6S. The Bertz CT molecular complexity index is 490.